The summed E-state index contributed by atoms with van der Waals surface area (Å²) in [5, 5.41) is 10.6. The number of esters is 4. The molecule has 0 aromatic rings. The average Bonchev–Trinajstić information content (AvgIpc) is 1.08. The maximum atomic E-state index is 13.1. The molecule has 0 aliphatic rings. The molecule has 0 aliphatic heterocycles. The van der Waals surface area contributed by atoms with E-state index in [1.165, 1.54) is 212 Å². The summed E-state index contributed by atoms with van der Waals surface area (Å²) in [4.78, 5) is 72.8. The molecular weight excluding hydrogens is 1260 g/mol. The number of unbranched alkanes of at least 4 members (excludes halogenated alkanes) is 45. The molecule has 0 saturated carbocycles. The van der Waals surface area contributed by atoms with Crippen molar-refractivity contribution in [3.63, 3.8) is 0 Å². The van der Waals surface area contributed by atoms with Gasteiger partial charge in [-0.05, 0) is 37.5 Å². The van der Waals surface area contributed by atoms with Crippen molar-refractivity contribution in [3.05, 3.63) is 0 Å². The Morgan fingerprint density at radius 2 is 0.531 bits per heavy atom. The van der Waals surface area contributed by atoms with E-state index >= 15 is 0 Å². The zero-order valence-electron chi connectivity index (χ0n) is 62.7. The Hall–Kier alpha value is -1.94. The van der Waals surface area contributed by atoms with Crippen LogP contribution in [0.4, 0.5) is 0 Å². The highest BCUT2D eigenvalue weighted by Crippen LogP contribution is 2.45. The molecule has 0 aromatic carbocycles. The third kappa shape index (κ3) is 69.2. The predicted molar refractivity (Wildman–Crippen MR) is 391 cm³/mol. The fraction of sp³-hybridized carbons (Fsp3) is 0.948. The van der Waals surface area contributed by atoms with Crippen molar-refractivity contribution in [2.24, 2.45) is 11.8 Å². The number of carbonyl (C=O) groups is 4. The first-order valence-electron chi connectivity index (χ1n) is 40.0. The normalized spacial score (nSPS) is 14.3. The van der Waals surface area contributed by atoms with Gasteiger partial charge in [-0.2, -0.15) is 0 Å². The second kappa shape index (κ2) is 68.8. The Morgan fingerprint density at radius 3 is 0.792 bits per heavy atom. The monoisotopic (exact) mass is 1410 g/mol. The van der Waals surface area contributed by atoms with Crippen molar-refractivity contribution in [3.8, 4) is 0 Å². The molecule has 96 heavy (non-hydrogen) atoms. The van der Waals surface area contributed by atoms with Gasteiger partial charge in [0.1, 0.15) is 19.3 Å². The third-order valence-electron chi connectivity index (χ3n) is 18.3. The SMILES string of the molecule is CCCCCCCCCCCCCCCCCCCC(=O)OC[C@H](COP(=O)(O)OC[C@@H](O)COP(=O)(O)OC[C@@H](COC(=O)CCCCCCCCC(C)CC)OC(=O)CCCCCCCCCCCCCC)OC(=O)CCCCCCCCCCCCCCCCC(C)C. The van der Waals surface area contributed by atoms with Crippen LogP contribution in [0.1, 0.15) is 401 Å². The zero-order chi connectivity index (χ0) is 70.7. The lowest BCUT2D eigenvalue weighted by Gasteiger charge is -2.21. The number of hydrogen-bond donors (Lipinski definition) is 3. The summed E-state index contributed by atoms with van der Waals surface area (Å²) in [6.45, 7) is 9.59. The summed E-state index contributed by atoms with van der Waals surface area (Å²) in [7, 11) is -9.91. The van der Waals surface area contributed by atoms with Gasteiger partial charge in [0.05, 0.1) is 26.4 Å². The molecule has 0 spiro atoms. The molecule has 0 rings (SSSR count). The molecule has 0 radical (unpaired) electrons. The quantitative estimate of drug-likeness (QED) is 0.0222. The van der Waals surface area contributed by atoms with Gasteiger partial charge in [0.25, 0.3) is 0 Å². The molecule has 0 fully saturated rings. The number of aliphatic hydroxyl groups is 1. The molecule has 570 valence electrons. The van der Waals surface area contributed by atoms with E-state index in [-0.39, 0.29) is 25.7 Å². The van der Waals surface area contributed by atoms with Crippen molar-refractivity contribution in [1.82, 2.24) is 0 Å². The first kappa shape index (κ1) is 94.1. The van der Waals surface area contributed by atoms with Crippen LogP contribution < -0.4 is 0 Å². The number of carbonyl (C=O) groups excluding carboxylic acids is 4. The van der Waals surface area contributed by atoms with E-state index in [2.05, 4.69) is 41.5 Å². The van der Waals surface area contributed by atoms with Crippen LogP contribution in [0.5, 0.6) is 0 Å². The molecule has 0 heterocycles. The molecule has 0 aromatic heterocycles. The Labute approximate surface area is 588 Å². The third-order valence-corrected chi connectivity index (χ3v) is 20.2. The number of aliphatic hydroxyl groups excluding tert-OH is 1. The predicted octanol–water partition coefficient (Wildman–Crippen LogP) is 22.7. The summed E-state index contributed by atoms with van der Waals surface area (Å²) in [6, 6.07) is 0. The summed E-state index contributed by atoms with van der Waals surface area (Å²) in [6.07, 6.45) is 56.8. The first-order valence-corrected chi connectivity index (χ1v) is 43.0. The number of phosphoric acid groups is 2. The van der Waals surface area contributed by atoms with Gasteiger partial charge >= 0.3 is 39.5 Å². The van der Waals surface area contributed by atoms with Gasteiger partial charge in [-0.3, -0.25) is 37.3 Å². The fourth-order valence-corrected chi connectivity index (χ4v) is 13.4. The molecule has 19 heteroatoms. The molecule has 0 bridgehead atoms. The van der Waals surface area contributed by atoms with Gasteiger partial charge in [-0.15, -0.1) is 0 Å². The fourth-order valence-electron chi connectivity index (χ4n) is 11.8. The van der Waals surface area contributed by atoms with E-state index in [0.29, 0.717) is 25.7 Å². The standard InChI is InChI=1S/C77H150O17P2/c1-7-10-12-14-16-18-20-22-23-24-25-29-33-36-40-47-53-59-74(79)87-65-72(93-77(82)62-56-50-42-38-34-30-27-26-28-31-35-39-45-51-57-69(4)5)67-91-95(83,84)89-63-71(78)64-90-96(85,86)92-68-73(66-88-75(80)60-54-48-44-43-46-52-58-70(6)9-3)94-76(81)61-55-49-41-37-32-21-19-17-15-13-11-8-2/h69-73,78H,7-68H2,1-6H3,(H,83,84)(H,85,86)/t70?,71-,72-,73-/m1/s1. The summed E-state index contributed by atoms with van der Waals surface area (Å²) in [5.74, 6) is -0.587. The van der Waals surface area contributed by atoms with Crippen molar-refractivity contribution >= 4 is 39.5 Å². The van der Waals surface area contributed by atoms with Crippen LogP contribution in [-0.2, 0) is 65.4 Å². The molecule has 6 atom stereocenters. The highest BCUT2D eigenvalue weighted by molar-refractivity contribution is 7.47. The van der Waals surface area contributed by atoms with Gasteiger partial charge in [0.2, 0.25) is 0 Å². The number of hydrogen-bond acceptors (Lipinski definition) is 15. The first-order chi connectivity index (χ1) is 46.4. The molecule has 3 unspecified atom stereocenters. The van der Waals surface area contributed by atoms with Gasteiger partial charge < -0.3 is 33.8 Å². The Bertz CT molecular complexity index is 1860. The van der Waals surface area contributed by atoms with E-state index in [1.54, 1.807) is 0 Å². The van der Waals surface area contributed by atoms with Crippen molar-refractivity contribution in [2.75, 3.05) is 39.6 Å². The van der Waals surface area contributed by atoms with Gasteiger partial charge in [0, 0.05) is 25.7 Å². The Balaban J connectivity index is 5.24. The van der Waals surface area contributed by atoms with E-state index in [0.717, 1.165) is 108 Å². The van der Waals surface area contributed by atoms with Crippen LogP contribution >= 0.6 is 15.6 Å². The van der Waals surface area contributed by atoms with Crippen LogP contribution in [0, 0.1) is 11.8 Å². The highest BCUT2D eigenvalue weighted by atomic mass is 31.2. The lowest BCUT2D eigenvalue weighted by molar-refractivity contribution is -0.161. The number of rotatable bonds is 76. The van der Waals surface area contributed by atoms with Crippen molar-refractivity contribution in [2.45, 2.75) is 419 Å². The molecule has 0 amide bonds. The minimum absolute atomic E-state index is 0.107. The van der Waals surface area contributed by atoms with Crippen LogP contribution in [-0.4, -0.2) is 96.7 Å². The summed E-state index contributed by atoms with van der Waals surface area (Å²) in [5.41, 5.74) is 0. The Kier molecular flexibility index (Phi) is 67.4. The van der Waals surface area contributed by atoms with E-state index in [9.17, 15) is 43.2 Å². The summed E-state index contributed by atoms with van der Waals surface area (Å²) < 4.78 is 68.6. The van der Waals surface area contributed by atoms with Crippen LogP contribution in [0.3, 0.4) is 0 Å². The topological polar surface area (TPSA) is 237 Å². The van der Waals surface area contributed by atoms with E-state index in [1.807, 2.05) is 0 Å². The van der Waals surface area contributed by atoms with Crippen molar-refractivity contribution < 1.29 is 80.2 Å². The maximum Gasteiger partial charge on any atom is 0.472 e. The summed E-state index contributed by atoms with van der Waals surface area (Å²) >= 11 is 0. The zero-order valence-corrected chi connectivity index (χ0v) is 64.5. The smallest absolute Gasteiger partial charge is 0.462 e. The van der Waals surface area contributed by atoms with Crippen molar-refractivity contribution in [1.29, 1.82) is 0 Å². The number of ether oxygens (including phenoxy) is 4. The minimum Gasteiger partial charge on any atom is -0.462 e. The average molecular weight is 1410 g/mol. The van der Waals surface area contributed by atoms with Gasteiger partial charge in [0.15, 0.2) is 12.2 Å². The van der Waals surface area contributed by atoms with E-state index in [4.69, 9.17) is 37.0 Å². The van der Waals surface area contributed by atoms with Gasteiger partial charge in [-0.1, -0.05) is 350 Å². The van der Waals surface area contributed by atoms with E-state index < -0.39 is 97.5 Å². The number of phosphoric ester groups is 2. The lowest BCUT2D eigenvalue weighted by atomic mass is 10.00. The second-order valence-electron chi connectivity index (χ2n) is 28.5. The lowest BCUT2D eigenvalue weighted by Crippen LogP contribution is -2.30. The maximum absolute atomic E-state index is 13.1. The Morgan fingerprint density at radius 1 is 0.302 bits per heavy atom. The molecular formula is C77H150O17P2. The molecule has 3 N–H and O–H groups in total. The van der Waals surface area contributed by atoms with Crippen LogP contribution in [0.15, 0.2) is 0 Å². The van der Waals surface area contributed by atoms with Crippen LogP contribution in [0.25, 0.3) is 0 Å². The second-order valence-corrected chi connectivity index (χ2v) is 31.4. The minimum atomic E-state index is -4.96. The van der Waals surface area contributed by atoms with Crippen LogP contribution in [0.2, 0.25) is 0 Å². The molecule has 17 nitrogen and oxygen atoms in total. The highest BCUT2D eigenvalue weighted by Gasteiger charge is 2.30. The molecule has 0 aliphatic carbocycles. The van der Waals surface area contributed by atoms with Gasteiger partial charge in [-0.25, -0.2) is 9.13 Å². The molecule has 0 saturated heterocycles. The largest absolute Gasteiger partial charge is 0.472 e.